The lowest BCUT2D eigenvalue weighted by Crippen LogP contribution is -2.31. The van der Waals surface area contributed by atoms with Crippen molar-refractivity contribution in [2.45, 2.75) is 25.3 Å². The molecule has 0 amide bonds. The van der Waals surface area contributed by atoms with Gasteiger partial charge in [0.15, 0.2) is 0 Å². The van der Waals surface area contributed by atoms with Crippen LogP contribution >= 0.6 is 0 Å². The van der Waals surface area contributed by atoms with Crippen molar-refractivity contribution >= 4 is 28.1 Å². The Bertz CT molecular complexity index is 768. The van der Waals surface area contributed by atoms with Gasteiger partial charge < -0.3 is 10.4 Å². The number of fused-ring (bicyclic) bond motifs is 1. The second kappa shape index (κ2) is 4.41. The number of carboxylic acids is 1. The van der Waals surface area contributed by atoms with Crippen molar-refractivity contribution in [3.05, 3.63) is 40.2 Å². The second-order valence-corrected chi connectivity index (χ2v) is 5.27. The third-order valence-corrected chi connectivity index (χ3v) is 3.74. The molecule has 0 unspecified atom stereocenters. The third-order valence-electron chi connectivity index (χ3n) is 3.74. The fourth-order valence-electron chi connectivity index (χ4n) is 2.37. The number of anilines is 1. The molecule has 0 spiro atoms. The Morgan fingerprint density at radius 3 is 2.71 bits per heavy atom. The standard InChI is InChI=1S/C14H13N3O4/c1-8-6-9-10(7-15-8)12(17(20)21)3-2-11(9)16-14(4-5-14)13(18)19/h2-3,6-7,16H,4-5H2,1H3,(H,18,19). The number of benzene rings is 1. The number of nitro benzene ring substituents is 1. The van der Waals surface area contributed by atoms with Crippen molar-refractivity contribution in [1.29, 1.82) is 0 Å². The van der Waals surface area contributed by atoms with Gasteiger partial charge in [0.1, 0.15) is 5.54 Å². The van der Waals surface area contributed by atoms with Crippen LogP contribution in [0.4, 0.5) is 11.4 Å². The maximum Gasteiger partial charge on any atom is 0.329 e. The molecule has 2 aromatic rings. The Balaban J connectivity index is 2.16. The van der Waals surface area contributed by atoms with Gasteiger partial charge >= 0.3 is 5.97 Å². The molecule has 1 aromatic carbocycles. The molecule has 3 rings (SSSR count). The number of carboxylic acid groups (broad SMARTS) is 1. The SMILES string of the molecule is Cc1cc2c(NC3(C(=O)O)CC3)ccc([N+](=O)[O-])c2cn1. The first-order valence-electron chi connectivity index (χ1n) is 6.48. The van der Waals surface area contributed by atoms with Crippen LogP contribution < -0.4 is 5.32 Å². The van der Waals surface area contributed by atoms with E-state index in [0.717, 1.165) is 0 Å². The lowest BCUT2D eigenvalue weighted by molar-refractivity contribution is -0.383. The highest BCUT2D eigenvalue weighted by Crippen LogP contribution is 2.41. The molecule has 1 aromatic heterocycles. The lowest BCUT2D eigenvalue weighted by Gasteiger charge is -2.16. The number of carbonyl (C=O) groups is 1. The van der Waals surface area contributed by atoms with Gasteiger partial charge in [-0.2, -0.15) is 0 Å². The number of hydrogen-bond donors (Lipinski definition) is 2. The van der Waals surface area contributed by atoms with Crippen molar-refractivity contribution in [3.8, 4) is 0 Å². The molecular weight excluding hydrogens is 274 g/mol. The summed E-state index contributed by atoms with van der Waals surface area (Å²) in [6.07, 6.45) is 2.55. The van der Waals surface area contributed by atoms with E-state index in [1.165, 1.54) is 12.3 Å². The number of hydrogen-bond acceptors (Lipinski definition) is 5. The maximum absolute atomic E-state index is 11.3. The van der Waals surface area contributed by atoms with Crippen molar-refractivity contribution in [3.63, 3.8) is 0 Å². The summed E-state index contributed by atoms with van der Waals surface area (Å²) in [5.74, 6) is -0.903. The van der Waals surface area contributed by atoms with Gasteiger partial charge in [-0.05, 0) is 31.9 Å². The molecule has 2 N–H and O–H groups in total. The number of pyridine rings is 1. The average molecular weight is 287 g/mol. The van der Waals surface area contributed by atoms with E-state index >= 15 is 0 Å². The number of aromatic nitrogens is 1. The smallest absolute Gasteiger partial charge is 0.329 e. The summed E-state index contributed by atoms with van der Waals surface area (Å²) in [6, 6.07) is 4.66. The van der Waals surface area contributed by atoms with E-state index < -0.39 is 16.4 Å². The first-order valence-corrected chi connectivity index (χ1v) is 6.48. The van der Waals surface area contributed by atoms with Gasteiger partial charge in [0, 0.05) is 29.0 Å². The predicted octanol–water partition coefficient (Wildman–Crippen LogP) is 2.48. The molecule has 1 heterocycles. The minimum Gasteiger partial charge on any atom is -0.480 e. The highest BCUT2D eigenvalue weighted by molar-refractivity contribution is 6.01. The summed E-state index contributed by atoms with van der Waals surface area (Å²) in [5, 5.41) is 24.4. The predicted molar refractivity (Wildman–Crippen MR) is 76.4 cm³/mol. The molecule has 1 saturated carbocycles. The Labute approximate surface area is 119 Å². The molecule has 7 heteroatoms. The van der Waals surface area contributed by atoms with Crippen LogP contribution in [0.2, 0.25) is 0 Å². The monoisotopic (exact) mass is 287 g/mol. The lowest BCUT2D eigenvalue weighted by atomic mass is 10.1. The van der Waals surface area contributed by atoms with Crippen LogP contribution in [0.3, 0.4) is 0 Å². The number of nitrogens with one attached hydrogen (secondary N) is 1. The van der Waals surface area contributed by atoms with Gasteiger partial charge in [-0.25, -0.2) is 4.79 Å². The number of nitro groups is 1. The molecule has 0 radical (unpaired) electrons. The number of non-ortho nitro benzene ring substituents is 1. The van der Waals surface area contributed by atoms with E-state index in [2.05, 4.69) is 10.3 Å². The zero-order valence-corrected chi connectivity index (χ0v) is 11.3. The molecule has 21 heavy (non-hydrogen) atoms. The normalized spacial score (nSPS) is 15.7. The van der Waals surface area contributed by atoms with E-state index in [4.69, 9.17) is 0 Å². The number of nitrogens with zero attached hydrogens (tertiary/aromatic N) is 2. The molecule has 7 nitrogen and oxygen atoms in total. The molecule has 108 valence electrons. The molecule has 0 aliphatic heterocycles. The van der Waals surface area contributed by atoms with Crippen LogP contribution in [0.5, 0.6) is 0 Å². The first kappa shape index (κ1) is 13.3. The van der Waals surface area contributed by atoms with Gasteiger partial charge in [0.05, 0.1) is 10.3 Å². The van der Waals surface area contributed by atoms with Crippen molar-refractivity contribution in [1.82, 2.24) is 4.98 Å². The summed E-state index contributed by atoms with van der Waals surface area (Å²) in [6.45, 7) is 1.78. The van der Waals surface area contributed by atoms with Crippen molar-refractivity contribution in [2.75, 3.05) is 5.32 Å². The van der Waals surface area contributed by atoms with Gasteiger partial charge in [-0.3, -0.25) is 15.1 Å². The zero-order valence-electron chi connectivity index (χ0n) is 11.3. The fraction of sp³-hybridized carbons (Fsp3) is 0.286. The maximum atomic E-state index is 11.3. The number of aliphatic carboxylic acids is 1. The number of rotatable bonds is 4. The molecule has 0 bridgehead atoms. The largest absolute Gasteiger partial charge is 0.480 e. The number of aryl methyl sites for hydroxylation is 1. The molecule has 1 aliphatic carbocycles. The van der Waals surface area contributed by atoms with E-state index in [1.54, 1.807) is 19.1 Å². The minimum atomic E-state index is -0.944. The minimum absolute atomic E-state index is 0.0387. The molecule has 1 aliphatic rings. The highest BCUT2D eigenvalue weighted by atomic mass is 16.6. The van der Waals surface area contributed by atoms with Gasteiger partial charge in [-0.15, -0.1) is 0 Å². The van der Waals surface area contributed by atoms with Crippen LogP contribution in [0.15, 0.2) is 24.4 Å². The van der Waals surface area contributed by atoms with E-state index in [0.29, 0.717) is 35.0 Å². The quantitative estimate of drug-likeness (QED) is 0.661. The summed E-state index contributed by atoms with van der Waals surface area (Å²) in [5.41, 5.74) is 0.315. The molecule has 0 saturated heterocycles. The highest BCUT2D eigenvalue weighted by Gasteiger charge is 2.50. The van der Waals surface area contributed by atoms with Crippen molar-refractivity contribution in [2.24, 2.45) is 0 Å². The summed E-state index contributed by atoms with van der Waals surface area (Å²) in [7, 11) is 0. The van der Waals surface area contributed by atoms with Crippen molar-refractivity contribution < 1.29 is 14.8 Å². The summed E-state index contributed by atoms with van der Waals surface area (Å²) in [4.78, 5) is 26.0. The summed E-state index contributed by atoms with van der Waals surface area (Å²) >= 11 is 0. The van der Waals surface area contributed by atoms with Gasteiger partial charge in [0.25, 0.3) is 5.69 Å². The van der Waals surface area contributed by atoms with E-state index in [-0.39, 0.29) is 5.69 Å². The van der Waals surface area contributed by atoms with Crippen LogP contribution in [-0.4, -0.2) is 26.5 Å². The molecule has 0 atom stereocenters. The van der Waals surface area contributed by atoms with Gasteiger partial charge in [-0.1, -0.05) is 0 Å². The summed E-state index contributed by atoms with van der Waals surface area (Å²) < 4.78 is 0. The topological polar surface area (TPSA) is 105 Å². The first-order chi connectivity index (χ1) is 9.93. The zero-order chi connectivity index (χ0) is 15.2. The Morgan fingerprint density at radius 1 is 1.43 bits per heavy atom. The van der Waals surface area contributed by atoms with E-state index in [9.17, 15) is 20.0 Å². The molecule has 1 fully saturated rings. The van der Waals surface area contributed by atoms with Crippen LogP contribution in [0.25, 0.3) is 10.8 Å². The fourth-order valence-corrected chi connectivity index (χ4v) is 2.37. The Kier molecular flexibility index (Phi) is 2.79. The van der Waals surface area contributed by atoms with Crippen LogP contribution in [-0.2, 0) is 4.79 Å². The second-order valence-electron chi connectivity index (χ2n) is 5.27. The van der Waals surface area contributed by atoms with Crippen LogP contribution in [0.1, 0.15) is 18.5 Å². The van der Waals surface area contributed by atoms with Crippen LogP contribution in [0, 0.1) is 17.0 Å². The Morgan fingerprint density at radius 2 is 2.14 bits per heavy atom. The average Bonchev–Trinajstić information content (AvgIpc) is 3.20. The Hall–Kier alpha value is -2.70. The third kappa shape index (κ3) is 2.16. The molecular formula is C14H13N3O4. The van der Waals surface area contributed by atoms with Gasteiger partial charge in [0.2, 0.25) is 0 Å². The van der Waals surface area contributed by atoms with E-state index in [1.807, 2.05) is 0 Å².